The quantitative estimate of drug-likeness (QED) is 0.710. The highest BCUT2D eigenvalue weighted by molar-refractivity contribution is 5.95. The van der Waals surface area contributed by atoms with Crippen LogP contribution in [0.25, 0.3) is 0 Å². The van der Waals surface area contributed by atoms with E-state index in [-0.39, 0.29) is 23.4 Å². The monoisotopic (exact) mass is 465 g/mol. The van der Waals surface area contributed by atoms with Crippen LogP contribution in [-0.2, 0) is 24.7 Å². The molecular weight excluding hydrogens is 426 g/mol. The third-order valence-electron chi connectivity index (χ3n) is 8.97. The van der Waals surface area contributed by atoms with Crippen LogP contribution < -0.4 is 4.74 Å². The van der Waals surface area contributed by atoms with E-state index >= 15 is 0 Å². The molecule has 1 aromatic carbocycles. The molecule has 0 saturated carbocycles. The zero-order valence-corrected chi connectivity index (χ0v) is 21.7. The molecule has 3 unspecified atom stereocenters. The maximum absolute atomic E-state index is 13.6. The third kappa shape index (κ3) is 3.14. The lowest BCUT2D eigenvalue weighted by Crippen LogP contribution is -2.61. The first-order valence-corrected chi connectivity index (χ1v) is 12.7. The molecule has 2 heterocycles. The Morgan fingerprint density at radius 1 is 1.24 bits per heavy atom. The number of H-pyrrole nitrogens is 1. The Hall–Kier alpha value is -2.47. The predicted molar refractivity (Wildman–Crippen MR) is 134 cm³/mol. The first-order chi connectivity index (χ1) is 16.1. The molecule has 2 N–H and O–H groups in total. The van der Waals surface area contributed by atoms with Gasteiger partial charge in [0.1, 0.15) is 5.69 Å². The van der Waals surface area contributed by atoms with Gasteiger partial charge in [-0.25, -0.2) is 0 Å². The van der Waals surface area contributed by atoms with E-state index in [4.69, 9.17) is 4.74 Å². The largest absolute Gasteiger partial charge is 0.504 e. The van der Waals surface area contributed by atoms with E-state index in [0.717, 1.165) is 49.0 Å². The van der Waals surface area contributed by atoms with Crippen molar-refractivity contribution < 1.29 is 14.6 Å². The molecule has 2 aromatic rings. The normalized spacial score (nSPS) is 25.7. The average molecular weight is 466 g/mol. The lowest BCUT2D eigenvalue weighted by molar-refractivity contribution is 0.0221. The van der Waals surface area contributed by atoms with Crippen molar-refractivity contribution in [2.45, 2.75) is 83.8 Å². The van der Waals surface area contributed by atoms with E-state index < -0.39 is 0 Å². The topological polar surface area (TPSA) is 68.8 Å². The van der Waals surface area contributed by atoms with Crippen molar-refractivity contribution in [1.82, 2.24) is 14.8 Å². The highest BCUT2D eigenvalue weighted by atomic mass is 16.5. The van der Waals surface area contributed by atoms with E-state index in [1.54, 1.807) is 7.11 Å². The molecule has 1 fully saturated rings. The van der Waals surface area contributed by atoms with Gasteiger partial charge >= 0.3 is 0 Å². The van der Waals surface area contributed by atoms with E-state index in [0.29, 0.717) is 23.5 Å². The minimum absolute atomic E-state index is 0.0855. The number of methoxy groups -OCH3 is 1. The first-order valence-electron chi connectivity index (χ1n) is 12.7. The molecule has 3 aliphatic rings. The fourth-order valence-corrected chi connectivity index (χ4v) is 7.45. The summed E-state index contributed by atoms with van der Waals surface area (Å²) in [5, 5.41) is 11.3. The molecule has 1 aromatic heterocycles. The molecule has 3 atom stereocenters. The number of amides is 1. The van der Waals surface area contributed by atoms with E-state index in [2.05, 4.69) is 57.6 Å². The van der Waals surface area contributed by atoms with Crippen molar-refractivity contribution in [3.05, 3.63) is 45.8 Å². The van der Waals surface area contributed by atoms with Crippen LogP contribution in [0.15, 0.2) is 12.1 Å². The molecule has 6 nitrogen and oxygen atoms in total. The van der Waals surface area contributed by atoms with E-state index in [1.165, 1.54) is 16.8 Å². The molecule has 2 aliphatic carbocycles. The smallest absolute Gasteiger partial charge is 0.271 e. The highest BCUT2D eigenvalue weighted by Gasteiger charge is 2.56. The van der Waals surface area contributed by atoms with Crippen LogP contribution in [0.3, 0.4) is 0 Å². The molecule has 0 radical (unpaired) electrons. The Kier molecular flexibility index (Phi) is 5.51. The Balaban J connectivity index is 1.64. The fourth-order valence-electron chi connectivity index (χ4n) is 7.45. The number of nitrogens with zero attached hydrogens (tertiary/aromatic N) is 2. The zero-order valence-electron chi connectivity index (χ0n) is 21.7. The number of phenols is 1. The number of ether oxygens (including phenoxy) is 1. The number of rotatable bonds is 4. The van der Waals surface area contributed by atoms with Gasteiger partial charge in [0.15, 0.2) is 11.5 Å². The molecular formula is C28H39N3O3. The van der Waals surface area contributed by atoms with Crippen molar-refractivity contribution in [3.8, 4) is 11.5 Å². The van der Waals surface area contributed by atoms with Gasteiger partial charge in [0.05, 0.1) is 7.11 Å². The molecule has 184 valence electrons. The second kappa shape index (κ2) is 8.04. The van der Waals surface area contributed by atoms with Gasteiger partial charge in [-0.3, -0.25) is 4.79 Å². The third-order valence-corrected chi connectivity index (χ3v) is 8.97. The summed E-state index contributed by atoms with van der Waals surface area (Å²) in [6.07, 6.45) is 3.68. The van der Waals surface area contributed by atoms with Crippen molar-refractivity contribution >= 4 is 5.91 Å². The second-order valence-electron chi connectivity index (χ2n) is 11.3. The minimum atomic E-state index is -0.149. The van der Waals surface area contributed by atoms with Crippen molar-refractivity contribution in [2.75, 3.05) is 20.7 Å². The van der Waals surface area contributed by atoms with Crippen LogP contribution in [0, 0.1) is 12.8 Å². The molecule has 6 heteroatoms. The number of carbonyl (C=O) groups excluding carboxylic acids is 1. The maximum atomic E-state index is 13.6. The van der Waals surface area contributed by atoms with E-state index in [9.17, 15) is 9.90 Å². The number of likely N-dealkylation sites (N-methyl/N-ethyl adjacent to an activating group) is 1. The van der Waals surface area contributed by atoms with Gasteiger partial charge in [-0.2, -0.15) is 0 Å². The Labute approximate surface area is 203 Å². The van der Waals surface area contributed by atoms with Crippen LogP contribution in [0.4, 0.5) is 0 Å². The van der Waals surface area contributed by atoms with Crippen LogP contribution in [0.1, 0.15) is 72.6 Å². The second-order valence-corrected chi connectivity index (χ2v) is 11.3. The molecule has 5 rings (SSSR count). The number of aromatic hydroxyl groups is 1. The number of hydrogen-bond acceptors (Lipinski definition) is 4. The number of piperidine rings is 1. The van der Waals surface area contributed by atoms with Gasteiger partial charge in [-0.15, -0.1) is 0 Å². The molecule has 1 aliphatic heterocycles. The number of hydrogen-bond donors (Lipinski definition) is 2. The summed E-state index contributed by atoms with van der Waals surface area (Å²) in [4.78, 5) is 21.7. The number of nitrogens with one attached hydrogen (secondary N) is 1. The van der Waals surface area contributed by atoms with Crippen molar-refractivity contribution in [2.24, 2.45) is 5.92 Å². The van der Waals surface area contributed by atoms with Gasteiger partial charge in [-0.05, 0) is 103 Å². The number of aromatic amines is 1. The number of likely N-dealkylation sites (tertiary alicyclic amines) is 1. The molecule has 1 saturated heterocycles. The van der Waals surface area contributed by atoms with Gasteiger partial charge in [0.2, 0.25) is 0 Å². The number of carbonyl (C=O) groups is 1. The number of phenolic OH excluding ortho intramolecular Hbond substituents is 1. The predicted octanol–water partition coefficient (Wildman–Crippen LogP) is 4.21. The number of aromatic nitrogens is 1. The van der Waals surface area contributed by atoms with Crippen LogP contribution in [-0.4, -0.2) is 64.6 Å². The highest BCUT2D eigenvalue weighted by Crippen LogP contribution is 2.58. The fraction of sp³-hybridized carbons (Fsp3) is 0.607. The summed E-state index contributed by atoms with van der Waals surface area (Å²) in [7, 11) is 3.86. The van der Waals surface area contributed by atoms with Gasteiger partial charge in [0, 0.05) is 34.8 Å². The Morgan fingerprint density at radius 3 is 2.59 bits per heavy atom. The summed E-state index contributed by atoms with van der Waals surface area (Å²) in [5.41, 5.74) is 6.48. The first kappa shape index (κ1) is 23.3. The molecule has 34 heavy (non-hydrogen) atoms. The van der Waals surface area contributed by atoms with Crippen LogP contribution in [0.5, 0.6) is 11.5 Å². The minimum Gasteiger partial charge on any atom is -0.504 e. The SMILES string of the molecule is COc1ccc2c(c1O)C13CCN(C)C(C2)C1Cc1c([nH]c(C(=O)N(C(C)C)C(C)C)c1C)C3. The Bertz CT molecular complexity index is 1130. The summed E-state index contributed by atoms with van der Waals surface area (Å²) in [6, 6.07) is 4.75. The summed E-state index contributed by atoms with van der Waals surface area (Å²) < 4.78 is 5.52. The van der Waals surface area contributed by atoms with Crippen molar-refractivity contribution in [1.29, 1.82) is 0 Å². The van der Waals surface area contributed by atoms with Gasteiger partial charge in [0.25, 0.3) is 5.91 Å². The number of fused-ring (bicyclic) bond motifs is 2. The zero-order chi connectivity index (χ0) is 24.5. The Morgan fingerprint density at radius 2 is 1.94 bits per heavy atom. The standard InChI is InChI=1S/C28H39N3O3/c1-15(2)31(16(3)4)27(33)25-17(5)19-13-20-22-12-18-8-9-23(34-7)26(32)24(18)28(20,10-11-30(22)6)14-21(19)29-25/h8-9,15-16,20,22,29,32H,10-14H2,1-7H3. The van der Waals surface area contributed by atoms with Crippen molar-refractivity contribution in [3.63, 3.8) is 0 Å². The molecule has 0 spiro atoms. The maximum Gasteiger partial charge on any atom is 0.271 e. The lowest BCUT2D eigenvalue weighted by atomic mass is 9.52. The van der Waals surface area contributed by atoms with Gasteiger partial charge < -0.3 is 24.6 Å². The molecule has 2 bridgehead atoms. The average Bonchev–Trinajstić information content (AvgIpc) is 3.09. The molecule has 1 amide bonds. The van der Waals surface area contributed by atoms with Gasteiger partial charge in [-0.1, -0.05) is 6.07 Å². The van der Waals surface area contributed by atoms with Crippen LogP contribution >= 0.6 is 0 Å². The lowest BCUT2D eigenvalue weighted by Gasteiger charge is -2.58. The summed E-state index contributed by atoms with van der Waals surface area (Å²) >= 11 is 0. The number of benzene rings is 1. The van der Waals surface area contributed by atoms with E-state index in [1.807, 2.05) is 11.0 Å². The van der Waals surface area contributed by atoms with Crippen LogP contribution in [0.2, 0.25) is 0 Å². The summed E-state index contributed by atoms with van der Waals surface area (Å²) in [5.74, 6) is 1.34. The summed E-state index contributed by atoms with van der Waals surface area (Å²) in [6.45, 7) is 11.4.